The van der Waals surface area contributed by atoms with E-state index in [9.17, 15) is 33.9 Å². The molecule has 0 aliphatic carbocycles. The Labute approximate surface area is 372 Å². The number of hydrogen-bond acceptors (Lipinski definition) is 20. The summed E-state index contributed by atoms with van der Waals surface area (Å²) in [5, 5.41) is 37.6. The number of aliphatic hydroxyl groups is 3. The number of hydrogen-bond donors (Lipinski definition) is 6. The van der Waals surface area contributed by atoms with Crippen molar-refractivity contribution >= 4 is 58.5 Å². The maximum Gasteiger partial charge on any atom is 0.337 e. The molecule has 4 aromatic rings. The molecule has 1 saturated heterocycles. The second kappa shape index (κ2) is 27.6. The molecule has 346 valence electrons. The lowest BCUT2D eigenvalue weighted by Crippen LogP contribution is -2.16. The molecule has 21 nitrogen and oxygen atoms in total. The molecule has 0 radical (unpaired) electrons. The number of amides is 1. The van der Waals surface area contributed by atoms with Crippen LogP contribution >= 0.6 is 0 Å². The van der Waals surface area contributed by atoms with Gasteiger partial charge in [0.15, 0.2) is 5.70 Å². The van der Waals surface area contributed by atoms with E-state index in [0.717, 1.165) is 0 Å². The van der Waals surface area contributed by atoms with Crippen LogP contribution < -0.4 is 26.3 Å². The number of ether oxygens (including phenoxy) is 7. The first-order valence-corrected chi connectivity index (χ1v) is 18.8. The Morgan fingerprint density at radius 2 is 1.14 bits per heavy atom. The van der Waals surface area contributed by atoms with Gasteiger partial charge in [0.05, 0.1) is 81.0 Å². The number of rotatable bonds is 14. The zero-order valence-electron chi connectivity index (χ0n) is 36.0. The molecule has 0 bridgehead atoms. The zero-order valence-corrected chi connectivity index (χ0v) is 36.0. The number of aliphatic hydroxyl groups excluding tert-OH is 3. The summed E-state index contributed by atoms with van der Waals surface area (Å²) in [5.41, 5.74) is 12.4. The Bertz CT molecular complexity index is 2290. The summed E-state index contributed by atoms with van der Waals surface area (Å²) < 4.78 is 33.1. The molecule has 1 heterocycles. The minimum absolute atomic E-state index is 0.00827. The van der Waals surface area contributed by atoms with E-state index in [-0.39, 0.29) is 66.0 Å². The molecule has 0 spiro atoms. The van der Waals surface area contributed by atoms with Crippen molar-refractivity contribution in [3.05, 3.63) is 131 Å². The third kappa shape index (κ3) is 17.9. The second-order valence-electron chi connectivity index (χ2n) is 12.5. The van der Waals surface area contributed by atoms with Crippen LogP contribution in [0.4, 0.5) is 22.7 Å². The number of para-hydroxylation sites is 4. The minimum atomic E-state index is -0.795. The van der Waals surface area contributed by atoms with E-state index in [4.69, 9.17) is 31.2 Å². The number of azo groups is 1. The first-order chi connectivity index (χ1) is 31.0. The van der Waals surface area contributed by atoms with E-state index in [0.29, 0.717) is 35.1 Å². The molecule has 5 rings (SSSR count). The van der Waals surface area contributed by atoms with Crippen molar-refractivity contribution in [2.75, 3.05) is 71.7 Å². The van der Waals surface area contributed by atoms with Gasteiger partial charge in [0.1, 0.15) is 42.7 Å². The van der Waals surface area contributed by atoms with Crippen molar-refractivity contribution < 1.29 is 77.2 Å². The highest BCUT2D eigenvalue weighted by molar-refractivity contribution is 6.04. The minimum Gasteiger partial charge on any atom is -0.510 e. The van der Waals surface area contributed by atoms with Gasteiger partial charge in [0.25, 0.3) is 5.91 Å². The number of carbonyl (C=O) groups is 6. The topological polar surface area (TPSA) is 317 Å². The molecule has 1 aliphatic rings. The van der Waals surface area contributed by atoms with E-state index in [2.05, 4.69) is 45.8 Å². The van der Waals surface area contributed by atoms with Gasteiger partial charge in [-0.25, -0.2) is 19.2 Å². The SMILES string of the molecule is C=C1CC(=O)O1.COC(=O)c1cc(N)cc(C(=O)OC)c1.COC(=O)c1cc(N=NC(C(=O)Nc2ccccc2OCCO)=C(C)O)cc(C(=O)OC)c1.Nc1ccccc1OCCO. The van der Waals surface area contributed by atoms with Crippen LogP contribution in [0, 0.1) is 0 Å². The van der Waals surface area contributed by atoms with E-state index in [1.165, 1.54) is 71.8 Å². The van der Waals surface area contributed by atoms with E-state index < -0.39 is 41.2 Å². The van der Waals surface area contributed by atoms with Crippen molar-refractivity contribution in [3.63, 3.8) is 0 Å². The Kier molecular flexibility index (Phi) is 22.4. The second-order valence-corrected chi connectivity index (χ2v) is 12.5. The fourth-order valence-corrected chi connectivity index (χ4v) is 4.77. The Morgan fingerprint density at radius 3 is 1.54 bits per heavy atom. The fraction of sp³-hybridized carbons (Fsp3) is 0.227. The number of nitrogen functional groups attached to an aromatic ring is 2. The van der Waals surface area contributed by atoms with Gasteiger partial charge in [0.2, 0.25) is 0 Å². The number of nitrogens with zero attached hydrogens (tertiary/aromatic N) is 2. The van der Waals surface area contributed by atoms with E-state index in [1.54, 1.807) is 36.4 Å². The van der Waals surface area contributed by atoms with Crippen LogP contribution in [0.5, 0.6) is 11.5 Å². The number of carbonyl (C=O) groups excluding carboxylic acids is 6. The van der Waals surface area contributed by atoms with Crippen LogP contribution in [0.3, 0.4) is 0 Å². The van der Waals surface area contributed by atoms with Crippen molar-refractivity contribution in [1.82, 2.24) is 0 Å². The summed E-state index contributed by atoms with van der Waals surface area (Å²) in [6, 6.07) is 21.8. The molecule has 65 heavy (non-hydrogen) atoms. The summed E-state index contributed by atoms with van der Waals surface area (Å²) in [6.45, 7) is 4.71. The summed E-state index contributed by atoms with van der Waals surface area (Å²) in [6.07, 6.45) is 0.417. The quantitative estimate of drug-likeness (QED) is 0.0240. The van der Waals surface area contributed by atoms with E-state index in [1.807, 2.05) is 12.1 Å². The normalized spacial score (nSPS) is 11.4. The number of methoxy groups -OCH3 is 4. The lowest BCUT2D eigenvalue weighted by Gasteiger charge is -2.12. The van der Waals surface area contributed by atoms with Gasteiger partial charge in [0, 0.05) is 5.69 Å². The molecular weight excluding hydrogens is 855 g/mol. The molecule has 0 aromatic heterocycles. The number of anilines is 3. The maximum absolute atomic E-state index is 12.7. The zero-order chi connectivity index (χ0) is 48.5. The monoisotopic (exact) mass is 903 g/mol. The Balaban J connectivity index is 0.000000367. The summed E-state index contributed by atoms with van der Waals surface area (Å²) in [4.78, 5) is 68.7. The van der Waals surface area contributed by atoms with Crippen LogP contribution in [-0.4, -0.2) is 106 Å². The van der Waals surface area contributed by atoms with Crippen molar-refractivity contribution in [1.29, 1.82) is 0 Å². The van der Waals surface area contributed by atoms with Crippen LogP contribution in [-0.2, 0) is 33.3 Å². The highest BCUT2D eigenvalue weighted by Crippen LogP contribution is 2.26. The summed E-state index contributed by atoms with van der Waals surface area (Å²) >= 11 is 0. The average molecular weight is 904 g/mol. The predicted octanol–water partition coefficient (Wildman–Crippen LogP) is 5.07. The lowest BCUT2D eigenvalue weighted by atomic mass is 10.1. The molecule has 1 fully saturated rings. The van der Waals surface area contributed by atoms with Crippen LogP contribution in [0.2, 0.25) is 0 Å². The van der Waals surface area contributed by atoms with Crippen LogP contribution in [0.1, 0.15) is 54.8 Å². The van der Waals surface area contributed by atoms with Crippen LogP contribution in [0.15, 0.2) is 119 Å². The molecule has 0 saturated carbocycles. The van der Waals surface area contributed by atoms with E-state index >= 15 is 0 Å². The standard InChI is InChI=1S/C22H23N3O8.C10H11NO4.C8H11NO2.C4H4O2/c1-13(27)19(20(28)23-17-6-4-5-7-18(17)33-9-8-26)25-24-16-11-14(21(29)31-2)10-15(12-16)22(30)32-3;1-14-9(12)6-3-7(10(13)15-2)5-8(11)4-6;9-7-3-1-2-4-8(7)11-6-5-10;1-3-2-4(5)6-3/h4-7,10-12,26-27H,8-9H2,1-3H3,(H,23,28);3-5H,11H2,1-2H3;1-4,10H,5-6,9H2;1-2H2. The maximum atomic E-state index is 12.7. The first-order valence-electron chi connectivity index (χ1n) is 18.8. The molecular formula is C44H49N5O16. The summed E-state index contributed by atoms with van der Waals surface area (Å²) in [5.74, 6) is -2.41. The van der Waals surface area contributed by atoms with Gasteiger partial charge in [-0.05, 0) is 67.6 Å². The molecule has 8 N–H and O–H groups in total. The van der Waals surface area contributed by atoms with Gasteiger partial charge < -0.3 is 65.3 Å². The highest BCUT2D eigenvalue weighted by Gasteiger charge is 2.19. The van der Waals surface area contributed by atoms with Gasteiger partial charge in [-0.3, -0.25) is 9.59 Å². The molecule has 0 atom stereocenters. The molecule has 1 amide bonds. The third-order valence-corrected chi connectivity index (χ3v) is 7.73. The lowest BCUT2D eigenvalue weighted by molar-refractivity contribution is -0.148. The number of nitrogens with one attached hydrogen (secondary N) is 1. The first kappa shape index (κ1) is 52.8. The fourth-order valence-electron chi connectivity index (χ4n) is 4.77. The predicted molar refractivity (Wildman–Crippen MR) is 233 cm³/mol. The van der Waals surface area contributed by atoms with Crippen molar-refractivity contribution in [2.24, 2.45) is 10.2 Å². The number of benzene rings is 4. The number of nitrogens with two attached hydrogens (primary N) is 2. The number of cyclic esters (lactones) is 1. The average Bonchev–Trinajstić information content (AvgIpc) is 3.29. The van der Waals surface area contributed by atoms with Gasteiger partial charge in [-0.15, -0.1) is 5.11 Å². The molecule has 0 unspecified atom stereocenters. The van der Waals surface area contributed by atoms with Gasteiger partial charge in [-0.1, -0.05) is 30.8 Å². The number of allylic oxidation sites excluding steroid dienone is 1. The molecule has 21 heteroatoms. The Hall–Kier alpha value is -8.30. The van der Waals surface area contributed by atoms with Crippen molar-refractivity contribution in [2.45, 2.75) is 13.3 Å². The molecule has 1 aliphatic heterocycles. The Morgan fingerprint density at radius 1 is 0.708 bits per heavy atom. The smallest absolute Gasteiger partial charge is 0.337 e. The van der Waals surface area contributed by atoms with Gasteiger partial charge in [-0.2, -0.15) is 5.11 Å². The highest BCUT2D eigenvalue weighted by atomic mass is 16.6. The third-order valence-electron chi connectivity index (χ3n) is 7.73. The van der Waals surface area contributed by atoms with Gasteiger partial charge >= 0.3 is 29.8 Å². The molecule has 4 aromatic carbocycles. The number of esters is 5. The summed E-state index contributed by atoms with van der Waals surface area (Å²) in [7, 11) is 4.86. The largest absolute Gasteiger partial charge is 0.510 e. The van der Waals surface area contributed by atoms with Crippen molar-refractivity contribution in [3.8, 4) is 11.5 Å². The van der Waals surface area contributed by atoms with Crippen LogP contribution in [0.25, 0.3) is 0 Å².